The van der Waals surface area contributed by atoms with E-state index in [0.29, 0.717) is 23.6 Å². The van der Waals surface area contributed by atoms with Gasteiger partial charge in [0.25, 0.3) is 11.8 Å². The number of rotatable bonds is 5. The van der Waals surface area contributed by atoms with Crippen molar-refractivity contribution in [3.8, 4) is 5.75 Å². The maximum absolute atomic E-state index is 13.2. The number of nitrogens with one attached hydrogen (secondary N) is 1. The second-order valence-corrected chi connectivity index (χ2v) is 9.33. The fourth-order valence-corrected chi connectivity index (χ4v) is 4.52. The molecule has 4 rings (SSSR count). The molecule has 0 unspecified atom stereocenters. The molecule has 1 N–H and O–H groups in total. The van der Waals surface area contributed by atoms with E-state index in [9.17, 15) is 9.59 Å². The van der Waals surface area contributed by atoms with Crippen molar-refractivity contribution in [1.82, 2.24) is 5.32 Å². The third-order valence-electron chi connectivity index (χ3n) is 4.78. The van der Waals surface area contributed by atoms with Crippen LogP contribution in [-0.2, 0) is 16.2 Å². The van der Waals surface area contributed by atoms with Gasteiger partial charge in [-0.1, -0.05) is 65.7 Å². The zero-order valence-corrected chi connectivity index (χ0v) is 21.3. The van der Waals surface area contributed by atoms with Gasteiger partial charge in [0.2, 0.25) is 0 Å². The first-order chi connectivity index (χ1) is 15.8. The van der Waals surface area contributed by atoms with E-state index in [4.69, 9.17) is 40.2 Å². The highest BCUT2D eigenvalue weighted by molar-refractivity contribution is 14.1. The van der Waals surface area contributed by atoms with E-state index in [1.807, 2.05) is 36.4 Å². The molecule has 9 heteroatoms. The van der Waals surface area contributed by atoms with Gasteiger partial charge in [0.1, 0.15) is 17.9 Å². The number of benzene rings is 3. The van der Waals surface area contributed by atoms with E-state index in [1.165, 1.54) is 11.0 Å². The first-order valence-electron chi connectivity index (χ1n) is 9.67. The third kappa shape index (κ3) is 5.22. The van der Waals surface area contributed by atoms with Crippen LogP contribution < -0.4 is 15.0 Å². The number of carbonyl (C=O) groups excluding carboxylic acids is 2. The first-order valence-corrected chi connectivity index (χ1v) is 11.9. The maximum atomic E-state index is 13.2. The number of thiocarbonyl (C=S) groups is 1. The predicted octanol–water partition coefficient (Wildman–Crippen LogP) is 6.01. The molecular weight excluding hydrogens is 594 g/mol. The summed E-state index contributed by atoms with van der Waals surface area (Å²) in [4.78, 5) is 26.9. The molecule has 0 bridgehead atoms. The number of ether oxygens (including phenoxy) is 1. The van der Waals surface area contributed by atoms with Crippen molar-refractivity contribution in [2.45, 2.75) is 6.61 Å². The van der Waals surface area contributed by atoms with Crippen molar-refractivity contribution in [3.05, 3.63) is 97.0 Å². The number of anilines is 1. The van der Waals surface area contributed by atoms with Crippen molar-refractivity contribution >= 4 is 86.7 Å². The highest BCUT2D eigenvalue weighted by Crippen LogP contribution is 2.34. The third-order valence-corrected chi connectivity index (χ3v) is 6.71. The minimum Gasteiger partial charge on any atom is -0.488 e. The molecule has 0 atom stereocenters. The Hall–Kier alpha value is -2.46. The van der Waals surface area contributed by atoms with Crippen molar-refractivity contribution in [2.24, 2.45) is 0 Å². The molecule has 1 aliphatic heterocycles. The van der Waals surface area contributed by atoms with Crippen LogP contribution in [0.2, 0.25) is 10.0 Å². The first kappa shape index (κ1) is 23.7. The van der Waals surface area contributed by atoms with Crippen LogP contribution in [0.4, 0.5) is 5.69 Å². The zero-order chi connectivity index (χ0) is 23.5. The van der Waals surface area contributed by atoms with Gasteiger partial charge in [-0.3, -0.25) is 19.8 Å². The largest absolute Gasteiger partial charge is 0.488 e. The number of halogens is 3. The summed E-state index contributed by atoms with van der Waals surface area (Å²) in [5.41, 5.74) is 1.94. The Bertz CT molecular complexity index is 1300. The van der Waals surface area contributed by atoms with Gasteiger partial charge in [0, 0.05) is 0 Å². The summed E-state index contributed by atoms with van der Waals surface area (Å²) in [5, 5.41) is 2.91. The molecule has 1 saturated heterocycles. The molecule has 1 heterocycles. The number of amides is 2. The molecule has 0 aromatic heterocycles. The molecule has 0 radical (unpaired) electrons. The van der Waals surface area contributed by atoms with Gasteiger partial charge in [-0.25, -0.2) is 0 Å². The Kier molecular flexibility index (Phi) is 7.33. The Morgan fingerprint density at radius 3 is 2.52 bits per heavy atom. The van der Waals surface area contributed by atoms with Gasteiger partial charge in [0.15, 0.2) is 5.11 Å². The van der Waals surface area contributed by atoms with Crippen LogP contribution in [0.25, 0.3) is 6.08 Å². The van der Waals surface area contributed by atoms with E-state index in [0.717, 1.165) is 9.13 Å². The lowest BCUT2D eigenvalue weighted by Gasteiger charge is -2.29. The molecule has 5 nitrogen and oxygen atoms in total. The highest BCUT2D eigenvalue weighted by atomic mass is 127. The molecule has 33 heavy (non-hydrogen) atoms. The molecule has 3 aromatic carbocycles. The smallest absolute Gasteiger partial charge is 0.270 e. The Balaban J connectivity index is 1.60. The molecule has 3 aromatic rings. The number of nitrogens with zero attached hydrogens (tertiary/aromatic N) is 1. The summed E-state index contributed by atoms with van der Waals surface area (Å²) in [7, 11) is 0. The summed E-state index contributed by atoms with van der Waals surface area (Å²) in [5.74, 6) is -0.472. The molecule has 1 aliphatic rings. The van der Waals surface area contributed by atoms with Gasteiger partial charge in [0.05, 0.1) is 19.3 Å². The molecule has 0 aliphatic carbocycles. The van der Waals surface area contributed by atoms with Crippen LogP contribution in [0.15, 0.2) is 72.3 Å². The molecule has 1 fully saturated rings. The fourth-order valence-electron chi connectivity index (χ4n) is 3.17. The van der Waals surface area contributed by atoms with Gasteiger partial charge in [-0.15, -0.1) is 0 Å². The second kappa shape index (κ2) is 10.2. The second-order valence-electron chi connectivity index (χ2n) is 6.99. The molecular formula is C24H15Cl2IN2O3S. The average molecular weight is 609 g/mol. The summed E-state index contributed by atoms with van der Waals surface area (Å²) in [6, 6.07) is 20.1. The van der Waals surface area contributed by atoms with Gasteiger partial charge >= 0.3 is 0 Å². The lowest BCUT2D eigenvalue weighted by molar-refractivity contribution is -0.122. The van der Waals surface area contributed by atoms with Crippen LogP contribution in [0.3, 0.4) is 0 Å². The Morgan fingerprint density at radius 1 is 1.03 bits per heavy atom. The number of carbonyl (C=O) groups is 2. The van der Waals surface area contributed by atoms with E-state index in [2.05, 4.69) is 27.9 Å². The minimum absolute atomic E-state index is 0.0643. The lowest BCUT2D eigenvalue weighted by atomic mass is 10.1. The maximum Gasteiger partial charge on any atom is 0.270 e. The molecule has 0 saturated carbocycles. The minimum atomic E-state index is -0.590. The van der Waals surface area contributed by atoms with Gasteiger partial charge < -0.3 is 4.74 Å². The van der Waals surface area contributed by atoms with E-state index >= 15 is 0 Å². The topological polar surface area (TPSA) is 58.6 Å². The SMILES string of the molecule is O=C1NC(=S)N(c2cccc(Cl)c2Cl)C(=O)/C1=C/c1ccc(OCc2ccccc2)c(I)c1. The molecule has 2 amide bonds. The highest BCUT2D eigenvalue weighted by Gasteiger charge is 2.35. The normalized spacial score (nSPS) is 15.1. The van der Waals surface area contributed by atoms with Crippen LogP contribution in [0, 0.1) is 3.57 Å². The quantitative estimate of drug-likeness (QED) is 0.167. The van der Waals surface area contributed by atoms with E-state index in [-0.39, 0.29) is 20.7 Å². The summed E-state index contributed by atoms with van der Waals surface area (Å²) in [6.45, 7) is 0.435. The van der Waals surface area contributed by atoms with Crippen molar-refractivity contribution in [2.75, 3.05) is 4.90 Å². The molecule has 166 valence electrons. The van der Waals surface area contributed by atoms with Crippen molar-refractivity contribution < 1.29 is 14.3 Å². The Morgan fingerprint density at radius 2 is 1.79 bits per heavy atom. The van der Waals surface area contributed by atoms with Gasteiger partial charge in [-0.2, -0.15) is 0 Å². The number of hydrogen-bond donors (Lipinski definition) is 1. The average Bonchev–Trinajstić information content (AvgIpc) is 2.79. The van der Waals surface area contributed by atoms with Gasteiger partial charge in [-0.05, 0) is 76.3 Å². The van der Waals surface area contributed by atoms with Crippen LogP contribution >= 0.6 is 58.0 Å². The predicted molar refractivity (Wildman–Crippen MR) is 143 cm³/mol. The number of hydrogen-bond acceptors (Lipinski definition) is 4. The van der Waals surface area contributed by atoms with Crippen LogP contribution in [0.5, 0.6) is 5.75 Å². The standard InChI is InChI=1S/C24H15Cl2IN2O3S/c25-17-7-4-8-19(21(17)26)29-23(31)16(22(30)28-24(29)33)11-15-9-10-20(18(27)12-15)32-13-14-5-2-1-3-6-14/h1-12H,13H2,(H,28,30,33)/b16-11+. The summed E-state index contributed by atoms with van der Waals surface area (Å²) >= 11 is 19.7. The van der Waals surface area contributed by atoms with Crippen LogP contribution in [-0.4, -0.2) is 16.9 Å². The zero-order valence-electron chi connectivity index (χ0n) is 16.8. The summed E-state index contributed by atoms with van der Waals surface area (Å²) in [6.07, 6.45) is 1.51. The lowest BCUT2D eigenvalue weighted by Crippen LogP contribution is -2.54. The summed E-state index contributed by atoms with van der Waals surface area (Å²) < 4.78 is 6.74. The monoisotopic (exact) mass is 608 g/mol. The van der Waals surface area contributed by atoms with E-state index in [1.54, 1.807) is 30.3 Å². The fraction of sp³-hybridized carbons (Fsp3) is 0.0417. The van der Waals surface area contributed by atoms with Crippen molar-refractivity contribution in [3.63, 3.8) is 0 Å². The van der Waals surface area contributed by atoms with E-state index < -0.39 is 11.8 Å². The Labute approximate surface area is 219 Å². The molecule has 0 spiro atoms. The van der Waals surface area contributed by atoms with Crippen LogP contribution in [0.1, 0.15) is 11.1 Å². The van der Waals surface area contributed by atoms with Crippen molar-refractivity contribution in [1.29, 1.82) is 0 Å².